The molecule has 0 heterocycles. The highest BCUT2D eigenvalue weighted by Crippen LogP contribution is 2.19. The molecule has 1 heteroatoms. The van der Waals surface area contributed by atoms with E-state index in [4.69, 9.17) is 7.85 Å². The van der Waals surface area contributed by atoms with Crippen LogP contribution in [0.5, 0.6) is 0 Å². The third-order valence-electron chi connectivity index (χ3n) is 1.85. The minimum Gasteiger partial charge on any atom is -0.0751 e. The molecule has 0 aromatic carbocycles. The smallest absolute Gasteiger partial charge is 0.0703 e. The van der Waals surface area contributed by atoms with Crippen LogP contribution in [0.25, 0.3) is 0 Å². The first-order valence-electron chi connectivity index (χ1n) is 3.47. The van der Waals surface area contributed by atoms with E-state index in [2.05, 4.69) is 20.8 Å². The van der Waals surface area contributed by atoms with Crippen LogP contribution < -0.4 is 0 Å². The predicted molar refractivity (Wildman–Crippen MR) is 39.2 cm³/mol. The molecular formula is C7H15B. The molecule has 0 amide bonds. The predicted octanol–water partition coefficient (Wildman–Crippen LogP) is 2.40. The van der Waals surface area contributed by atoms with Crippen LogP contribution in [0.15, 0.2) is 0 Å². The standard InChI is InChI=1S/C7H15B/c1-4-6(3)7(8)5-2/h6-7H,4-5H2,1-3H3. The van der Waals surface area contributed by atoms with Gasteiger partial charge in [0.15, 0.2) is 0 Å². The Balaban J connectivity index is 3.29. The van der Waals surface area contributed by atoms with Gasteiger partial charge in [-0.25, -0.2) is 0 Å². The van der Waals surface area contributed by atoms with Crippen molar-refractivity contribution < 1.29 is 0 Å². The highest BCUT2D eigenvalue weighted by atomic mass is 14.1. The summed E-state index contributed by atoms with van der Waals surface area (Å²) >= 11 is 0. The molecule has 2 radical (unpaired) electrons. The van der Waals surface area contributed by atoms with Crippen molar-refractivity contribution in [2.45, 2.75) is 39.4 Å². The van der Waals surface area contributed by atoms with E-state index in [0.29, 0.717) is 11.7 Å². The average Bonchev–Trinajstić information content (AvgIpc) is 1.84. The fourth-order valence-electron chi connectivity index (χ4n) is 0.705. The highest BCUT2D eigenvalue weighted by Gasteiger charge is 2.05. The first-order valence-corrected chi connectivity index (χ1v) is 3.47. The largest absolute Gasteiger partial charge is 0.0751 e. The van der Waals surface area contributed by atoms with E-state index in [-0.39, 0.29) is 0 Å². The van der Waals surface area contributed by atoms with Gasteiger partial charge in [-0.05, 0) is 5.92 Å². The van der Waals surface area contributed by atoms with Gasteiger partial charge in [-0.3, -0.25) is 0 Å². The fraction of sp³-hybridized carbons (Fsp3) is 1.00. The van der Waals surface area contributed by atoms with Crippen molar-refractivity contribution in [2.24, 2.45) is 5.92 Å². The van der Waals surface area contributed by atoms with Gasteiger partial charge in [-0.15, -0.1) is 0 Å². The van der Waals surface area contributed by atoms with Crippen LogP contribution in [0, 0.1) is 5.92 Å². The van der Waals surface area contributed by atoms with Gasteiger partial charge >= 0.3 is 0 Å². The molecule has 0 aliphatic carbocycles. The third kappa shape index (κ3) is 2.39. The summed E-state index contributed by atoms with van der Waals surface area (Å²) in [6, 6.07) is 0. The summed E-state index contributed by atoms with van der Waals surface area (Å²) < 4.78 is 0. The lowest BCUT2D eigenvalue weighted by molar-refractivity contribution is 0.509. The highest BCUT2D eigenvalue weighted by molar-refractivity contribution is 6.11. The van der Waals surface area contributed by atoms with Crippen LogP contribution in [-0.4, -0.2) is 7.85 Å². The molecule has 0 spiro atoms. The zero-order valence-corrected chi connectivity index (χ0v) is 6.15. The Morgan fingerprint density at radius 3 is 1.88 bits per heavy atom. The summed E-state index contributed by atoms with van der Waals surface area (Å²) in [4.78, 5) is 0. The fourth-order valence-corrected chi connectivity index (χ4v) is 0.705. The van der Waals surface area contributed by atoms with Crippen molar-refractivity contribution >= 4 is 7.85 Å². The average molecular weight is 110 g/mol. The maximum atomic E-state index is 5.73. The zero-order chi connectivity index (χ0) is 6.57. The summed E-state index contributed by atoms with van der Waals surface area (Å²) in [6.07, 6.45) is 2.31. The summed E-state index contributed by atoms with van der Waals surface area (Å²) in [6.45, 7) is 6.52. The molecular weight excluding hydrogens is 94.9 g/mol. The molecule has 2 atom stereocenters. The summed E-state index contributed by atoms with van der Waals surface area (Å²) in [5.41, 5.74) is 0. The Kier molecular flexibility index (Phi) is 4.03. The molecule has 0 bridgehead atoms. The molecule has 8 heavy (non-hydrogen) atoms. The quantitative estimate of drug-likeness (QED) is 0.489. The molecule has 0 fully saturated rings. The van der Waals surface area contributed by atoms with E-state index in [0.717, 1.165) is 6.42 Å². The van der Waals surface area contributed by atoms with Crippen molar-refractivity contribution in [1.82, 2.24) is 0 Å². The maximum Gasteiger partial charge on any atom is 0.0703 e. The lowest BCUT2D eigenvalue weighted by Crippen LogP contribution is -2.02. The minimum absolute atomic E-state index is 0.417. The van der Waals surface area contributed by atoms with Crippen molar-refractivity contribution in [1.29, 1.82) is 0 Å². The zero-order valence-electron chi connectivity index (χ0n) is 6.15. The van der Waals surface area contributed by atoms with Gasteiger partial charge in [0.2, 0.25) is 0 Å². The molecule has 0 nitrogen and oxygen atoms in total. The van der Waals surface area contributed by atoms with Crippen LogP contribution in [-0.2, 0) is 0 Å². The van der Waals surface area contributed by atoms with Gasteiger partial charge in [0.1, 0.15) is 0 Å². The lowest BCUT2D eigenvalue weighted by Gasteiger charge is -2.15. The monoisotopic (exact) mass is 110 g/mol. The van der Waals surface area contributed by atoms with Gasteiger partial charge in [0.05, 0.1) is 7.85 Å². The van der Waals surface area contributed by atoms with Gasteiger partial charge in [0.25, 0.3) is 0 Å². The molecule has 0 saturated heterocycles. The van der Waals surface area contributed by atoms with E-state index >= 15 is 0 Å². The molecule has 0 saturated carbocycles. The second-order valence-corrected chi connectivity index (χ2v) is 2.46. The van der Waals surface area contributed by atoms with Crippen LogP contribution in [0.1, 0.15) is 33.6 Å². The molecule has 0 aliphatic rings. The van der Waals surface area contributed by atoms with Crippen molar-refractivity contribution in [3.8, 4) is 0 Å². The van der Waals surface area contributed by atoms with Gasteiger partial charge < -0.3 is 0 Å². The van der Waals surface area contributed by atoms with Gasteiger partial charge in [-0.2, -0.15) is 0 Å². The first-order chi connectivity index (χ1) is 3.72. The minimum atomic E-state index is 0.417. The van der Waals surface area contributed by atoms with Crippen molar-refractivity contribution in [2.75, 3.05) is 0 Å². The first kappa shape index (κ1) is 8.06. The van der Waals surface area contributed by atoms with E-state index in [1.54, 1.807) is 0 Å². The van der Waals surface area contributed by atoms with Crippen molar-refractivity contribution in [3.63, 3.8) is 0 Å². The van der Waals surface area contributed by atoms with E-state index in [1.807, 2.05) is 0 Å². The SMILES string of the molecule is [B]C(CC)C(C)CC. The molecule has 0 aromatic rings. The van der Waals surface area contributed by atoms with E-state index < -0.39 is 0 Å². The lowest BCUT2D eigenvalue weighted by atomic mass is 9.75. The Labute approximate surface area is 54.1 Å². The molecule has 46 valence electrons. The van der Waals surface area contributed by atoms with E-state index in [9.17, 15) is 0 Å². The summed E-state index contributed by atoms with van der Waals surface area (Å²) in [7, 11) is 5.73. The topological polar surface area (TPSA) is 0 Å². The number of hydrogen-bond acceptors (Lipinski definition) is 0. The second kappa shape index (κ2) is 4.00. The Morgan fingerprint density at radius 2 is 1.75 bits per heavy atom. The Bertz CT molecular complexity index is 44.3. The normalized spacial score (nSPS) is 17.9. The number of hydrogen-bond donors (Lipinski definition) is 0. The van der Waals surface area contributed by atoms with Gasteiger partial charge in [-0.1, -0.05) is 39.4 Å². The number of rotatable bonds is 3. The molecule has 2 unspecified atom stereocenters. The third-order valence-corrected chi connectivity index (χ3v) is 1.85. The Hall–Kier alpha value is 0.0649. The molecule has 0 N–H and O–H groups in total. The molecule has 0 rings (SSSR count). The van der Waals surface area contributed by atoms with E-state index in [1.165, 1.54) is 6.42 Å². The van der Waals surface area contributed by atoms with Crippen LogP contribution in [0.3, 0.4) is 0 Å². The molecule has 0 aromatic heterocycles. The summed E-state index contributed by atoms with van der Waals surface area (Å²) in [5.74, 6) is 1.11. The maximum absolute atomic E-state index is 5.73. The van der Waals surface area contributed by atoms with Crippen molar-refractivity contribution in [3.05, 3.63) is 0 Å². The van der Waals surface area contributed by atoms with Gasteiger partial charge in [0, 0.05) is 0 Å². The summed E-state index contributed by atoms with van der Waals surface area (Å²) in [5, 5.41) is 0. The second-order valence-electron chi connectivity index (χ2n) is 2.46. The molecule has 0 aliphatic heterocycles. The Morgan fingerprint density at radius 1 is 1.25 bits per heavy atom. The van der Waals surface area contributed by atoms with Crippen LogP contribution in [0.2, 0.25) is 5.82 Å². The van der Waals surface area contributed by atoms with Crippen LogP contribution in [0.4, 0.5) is 0 Å². The van der Waals surface area contributed by atoms with Crippen LogP contribution >= 0.6 is 0 Å².